The summed E-state index contributed by atoms with van der Waals surface area (Å²) in [4.78, 5) is 26.1. The summed E-state index contributed by atoms with van der Waals surface area (Å²) in [5, 5.41) is 2.69. The number of nitrogens with one attached hydrogen (secondary N) is 1. The minimum Gasteiger partial charge on any atom is -0.493 e. The van der Waals surface area contributed by atoms with Crippen LogP contribution in [0.15, 0.2) is 34.9 Å². The number of benzene rings is 1. The van der Waals surface area contributed by atoms with Crippen molar-refractivity contribution in [1.29, 1.82) is 0 Å². The van der Waals surface area contributed by atoms with Crippen molar-refractivity contribution >= 4 is 11.8 Å². The molecule has 0 spiro atoms. The molecule has 0 saturated carbocycles. The van der Waals surface area contributed by atoms with E-state index in [1.54, 1.807) is 37.5 Å². The quantitative estimate of drug-likeness (QED) is 0.798. The van der Waals surface area contributed by atoms with Gasteiger partial charge in [0.05, 0.1) is 27.0 Å². The van der Waals surface area contributed by atoms with Gasteiger partial charge in [0.1, 0.15) is 12.2 Å². The molecule has 0 aliphatic carbocycles. The Labute approximate surface area is 151 Å². The molecular weight excluding hydrogens is 336 g/mol. The van der Waals surface area contributed by atoms with Gasteiger partial charge in [-0.1, -0.05) is 0 Å². The lowest BCUT2D eigenvalue weighted by Gasteiger charge is -2.29. The van der Waals surface area contributed by atoms with E-state index in [4.69, 9.17) is 13.9 Å². The molecule has 138 valence electrons. The summed E-state index contributed by atoms with van der Waals surface area (Å²) in [6, 6.07) is 7.36. The van der Waals surface area contributed by atoms with Gasteiger partial charge < -0.3 is 24.1 Å². The number of methoxy groups -OCH3 is 2. The van der Waals surface area contributed by atoms with Crippen LogP contribution < -0.4 is 14.8 Å². The molecule has 0 fully saturated rings. The van der Waals surface area contributed by atoms with Crippen LogP contribution in [0.2, 0.25) is 0 Å². The van der Waals surface area contributed by atoms with Gasteiger partial charge in [0.2, 0.25) is 11.8 Å². The monoisotopic (exact) mass is 358 g/mol. The van der Waals surface area contributed by atoms with Gasteiger partial charge in [-0.15, -0.1) is 0 Å². The Morgan fingerprint density at radius 2 is 1.92 bits per heavy atom. The van der Waals surface area contributed by atoms with Crippen LogP contribution in [0.5, 0.6) is 11.5 Å². The van der Waals surface area contributed by atoms with E-state index in [9.17, 15) is 9.59 Å². The minimum atomic E-state index is -0.315. The Hall–Kier alpha value is -2.96. The molecule has 3 rings (SSSR count). The van der Waals surface area contributed by atoms with Gasteiger partial charge in [-0.3, -0.25) is 9.59 Å². The van der Waals surface area contributed by atoms with Gasteiger partial charge in [-0.25, -0.2) is 0 Å². The second-order valence-electron chi connectivity index (χ2n) is 6.07. The molecule has 2 amide bonds. The zero-order valence-electron chi connectivity index (χ0n) is 14.9. The summed E-state index contributed by atoms with van der Waals surface area (Å²) in [7, 11) is 3.18. The molecule has 2 aromatic rings. The molecule has 0 saturated heterocycles. The third kappa shape index (κ3) is 3.99. The fraction of sp³-hybridized carbons (Fsp3) is 0.368. The third-order valence-corrected chi connectivity index (χ3v) is 4.42. The van der Waals surface area contributed by atoms with Crippen molar-refractivity contribution < 1.29 is 23.5 Å². The number of furan rings is 1. The van der Waals surface area contributed by atoms with E-state index < -0.39 is 0 Å². The molecule has 1 N–H and O–H groups in total. The maximum atomic E-state index is 12.4. The maximum absolute atomic E-state index is 12.4. The standard InChI is InChI=1S/C19H22N2O5/c1-24-16-8-13-5-6-21(12-14(13)9-17(16)25-2)19(23)10-18(22)20-11-15-4-3-7-26-15/h3-4,7-9H,5-6,10-12H2,1-2H3,(H,20,22). The maximum Gasteiger partial charge on any atom is 0.232 e. The van der Waals surface area contributed by atoms with Crippen LogP contribution in [0.25, 0.3) is 0 Å². The van der Waals surface area contributed by atoms with Crippen LogP contribution >= 0.6 is 0 Å². The topological polar surface area (TPSA) is 81.0 Å². The Bertz CT molecular complexity index is 785. The van der Waals surface area contributed by atoms with E-state index in [0.717, 1.165) is 17.5 Å². The van der Waals surface area contributed by atoms with Crippen molar-refractivity contribution in [3.63, 3.8) is 0 Å². The van der Waals surface area contributed by atoms with Gasteiger partial charge in [0.15, 0.2) is 11.5 Å². The van der Waals surface area contributed by atoms with Gasteiger partial charge in [0.25, 0.3) is 0 Å². The largest absolute Gasteiger partial charge is 0.493 e. The molecule has 1 aromatic heterocycles. The van der Waals surface area contributed by atoms with Crippen LogP contribution in [0, 0.1) is 0 Å². The first-order valence-electron chi connectivity index (χ1n) is 8.41. The second-order valence-corrected chi connectivity index (χ2v) is 6.07. The van der Waals surface area contributed by atoms with Gasteiger partial charge in [-0.05, 0) is 41.8 Å². The summed E-state index contributed by atoms with van der Waals surface area (Å²) in [5.74, 6) is 1.46. The third-order valence-electron chi connectivity index (χ3n) is 4.42. The molecular formula is C19H22N2O5. The first kappa shape index (κ1) is 17.8. The lowest BCUT2D eigenvalue weighted by Crippen LogP contribution is -2.38. The molecule has 0 bridgehead atoms. The first-order valence-corrected chi connectivity index (χ1v) is 8.41. The van der Waals surface area contributed by atoms with Crippen molar-refractivity contribution in [1.82, 2.24) is 10.2 Å². The summed E-state index contributed by atoms with van der Waals surface area (Å²) >= 11 is 0. The van der Waals surface area contributed by atoms with Crippen LogP contribution in [-0.4, -0.2) is 37.5 Å². The Morgan fingerprint density at radius 1 is 1.19 bits per heavy atom. The van der Waals surface area contributed by atoms with Gasteiger partial charge in [0, 0.05) is 13.1 Å². The van der Waals surface area contributed by atoms with Crippen LogP contribution in [-0.2, 0) is 29.1 Å². The first-order chi connectivity index (χ1) is 12.6. The lowest BCUT2D eigenvalue weighted by atomic mass is 9.98. The number of carbonyl (C=O) groups excluding carboxylic acids is 2. The average molecular weight is 358 g/mol. The minimum absolute atomic E-state index is 0.177. The number of hydrogen-bond acceptors (Lipinski definition) is 5. The highest BCUT2D eigenvalue weighted by atomic mass is 16.5. The van der Waals surface area contributed by atoms with E-state index in [0.29, 0.717) is 30.3 Å². The fourth-order valence-corrected chi connectivity index (χ4v) is 3.01. The molecule has 26 heavy (non-hydrogen) atoms. The molecule has 0 radical (unpaired) electrons. The fourth-order valence-electron chi connectivity index (χ4n) is 3.01. The average Bonchev–Trinajstić information content (AvgIpc) is 3.18. The molecule has 1 aromatic carbocycles. The normalized spacial score (nSPS) is 13.1. The Balaban J connectivity index is 1.59. The Kier molecular flexibility index (Phi) is 5.46. The molecule has 7 heteroatoms. The van der Waals surface area contributed by atoms with Crippen molar-refractivity contribution in [2.45, 2.75) is 25.9 Å². The van der Waals surface area contributed by atoms with Crippen LogP contribution in [0.1, 0.15) is 23.3 Å². The second kappa shape index (κ2) is 7.95. The van der Waals surface area contributed by atoms with E-state index >= 15 is 0 Å². The predicted molar refractivity (Wildman–Crippen MR) is 93.8 cm³/mol. The number of nitrogens with zero attached hydrogens (tertiary/aromatic N) is 1. The summed E-state index contributed by atoms with van der Waals surface area (Å²) < 4.78 is 15.8. The Morgan fingerprint density at radius 3 is 2.58 bits per heavy atom. The zero-order chi connectivity index (χ0) is 18.5. The van der Waals surface area contributed by atoms with Crippen LogP contribution in [0.3, 0.4) is 0 Å². The number of rotatable bonds is 6. The van der Waals surface area contributed by atoms with E-state index in [1.807, 2.05) is 12.1 Å². The van der Waals surface area contributed by atoms with Gasteiger partial charge >= 0.3 is 0 Å². The highest BCUT2D eigenvalue weighted by Crippen LogP contribution is 2.33. The van der Waals surface area contributed by atoms with Crippen molar-refractivity contribution in [2.24, 2.45) is 0 Å². The van der Waals surface area contributed by atoms with E-state index in [-0.39, 0.29) is 24.8 Å². The van der Waals surface area contributed by atoms with Crippen molar-refractivity contribution in [2.75, 3.05) is 20.8 Å². The lowest BCUT2D eigenvalue weighted by molar-refractivity contribution is -0.136. The summed E-state index contributed by atoms with van der Waals surface area (Å²) in [6.07, 6.45) is 2.08. The number of hydrogen-bond donors (Lipinski definition) is 1. The molecule has 1 aliphatic rings. The van der Waals surface area contributed by atoms with E-state index in [2.05, 4.69) is 5.32 Å². The predicted octanol–water partition coefficient (Wildman–Crippen LogP) is 1.89. The van der Waals surface area contributed by atoms with Crippen LogP contribution in [0.4, 0.5) is 0 Å². The molecule has 0 unspecified atom stereocenters. The van der Waals surface area contributed by atoms with E-state index in [1.165, 1.54) is 0 Å². The highest BCUT2D eigenvalue weighted by Gasteiger charge is 2.24. The zero-order valence-corrected chi connectivity index (χ0v) is 14.9. The highest BCUT2D eigenvalue weighted by molar-refractivity contribution is 5.96. The number of amides is 2. The number of carbonyl (C=O) groups is 2. The van der Waals surface area contributed by atoms with Gasteiger partial charge in [-0.2, -0.15) is 0 Å². The molecule has 7 nitrogen and oxygen atoms in total. The number of fused-ring (bicyclic) bond motifs is 1. The van der Waals surface area contributed by atoms with Crippen molar-refractivity contribution in [3.8, 4) is 11.5 Å². The molecule has 2 heterocycles. The molecule has 0 atom stereocenters. The summed E-state index contributed by atoms with van der Waals surface area (Å²) in [5.41, 5.74) is 2.15. The SMILES string of the molecule is COc1cc2c(cc1OC)CN(C(=O)CC(=O)NCc1ccco1)CC2. The molecule has 1 aliphatic heterocycles. The van der Waals surface area contributed by atoms with Crippen molar-refractivity contribution in [3.05, 3.63) is 47.4 Å². The smallest absolute Gasteiger partial charge is 0.232 e. The summed E-state index contributed by atoms with van der Waals surface area (Å²) in [6.45, 7) is 1.31. The number of ether oxygens (including phenoxy) is 2.